The zero-order valence-corrected chi connectivity index (χ0v) is 20.2. The van der Waals surface area contributed by atoms with Crippen molar-refractivity contribution in [2.24, 2.45) is 0 Å². The molecule has 0 amide bonds. The fourth-order valence-electron chi connectivity index (χ4n) is 3.49. The van der Waals surface area contributed by atoms with Gasteiger partial charge in [0.05, 0.1) is 22.4 Å². The summed E-state index contributed by atoms with van der Waals surface area (Å²) >= 11 is 6.95. The van der Waals surface area contributed by atoms with E-state index in [0.717, 1.165) is 53.3 Å². The van der Waals surface area contributed by atoms with E-state index in [9.17, 15) is 0 Å². The van der Waals surface area contributed by atoms with Crippen molar-refractivity contribution in [3.63, 3.8) is 0 Å². The summed E-state index contributed by atoms with van der Waals surface area (Å²) in [6.45, 7) is 0. The van der Waals surface area contributed by atoms with Gasteiger partial charge in [-0.05, 0) is 59.7 Å². The van der Waals surface area contributed by atoms with Crippen LogP contribution in [0.4, 0.5) is 0 Å². The zero-order chi connectivity index (χ0) is 21.9. The summed E-state index contributed by atoms with van der Waals surface area (Å²) in [5.41, 5.74) is 5.91. The highest BCUT2D eigenvalue weighted by molar-refractivity contribution is 9.10. The topological polar surface area (TPSA) is 25.8 Å². The van der Waals surface area contributed by atoms with Crippen LogP contribution in [0.2, 0.25) is 0 Å². The number of aromatic nitrogens is 2. The molecule has 0 atom stereocenters. The molecular formula is C28H18Br2N2. The van der Waals surface area contributed by atoms with Crippen LogP contribution in [0, 0.1) is 0 Å². The summed E-state index contributed by atoms with van der Waals surface area (Å²) in [4.78, 5) is 9.83. The molecular weight excluding hydrogens is 524 g/mol. The lowest BCUT2D eigenvalue weighted by Gasteiger charge is -2.05. The summed E-state index contributed by atoms with van der Waals surface area (Å²) in [5.74, 6) is 0. The first-order valence-corrected chi connectivity index (χ1v) is 11.8. The van der Waals surface area contributed by atoms with Gasteiger partial charge in [-0.1, -0.05) is 92.5 Å². The van der Waals surface area contributed by atoms with Crippen LogP contribution >= 0.6 is 31.9 Å². The van der Waals surface area contributed by atoms with Crippen LogP contribution in [-0.2, 0) is 0 Å². The minimum absolute atomic E-state index is 0.908. The van der Waals surface area contributed by atoms with Gasteiger partial charge in [-0.15, -0.1) is 0 Å². The molecule has 0 spiro atoms. The lowest BCUT2D eigenvalue weighted by atomic mass is 10.1. The maximum absolute atomic E-state index is 4.92. The van der Waals surface area contributed by atoms with E-state index in [4.69, 9.17) is 9.97 Å². The Labute approximate surface area is 203 Å². The molecule has 0 fully saturated rings. The first-order chi connectivity index (χ1) is 15.6. The molecule has 5 rings (SSSR count). The lowest BCUT2D eigenvalue weighted by molar-refractivity contribution is 1.34. The quantitative estimate of drug-likeness (QED) is 0.213. The minimum Gasteiger partial charge on any atom is -0.246 e. The highest BCUT2D eigenvalue weighted by Gasteiger charge is 2.05. The fraction of sp³-hybridized carbons (Fsp3) is 0. The molecule has 0 unspecified atom stereocenters. The lowest BCUT2D eigenvalue weighted by Crippen LogP contribution is -1.89. The Balaban J connectivity index is 1.51. The molecule has 0 aliphatic carbocycles. The van der Waals surface area contributed by atoms with Gasteiger partial charge in [0.2, 0.25) is 0 Å². The Hall–Kier alpha value is -3.08. The molecule has 2 heterocycles. The van der Waals surface area contributed by atoms with Crippen molar-refractivity contribution >= 4 is 78.0 Å². The van der Waals surface area contributed by atoms with Gasteiger partial charge in [0.25, 0.3) is 0 Å². The van der Waals surface area contributed by atoms with E-state index in [1.165, 1.54) is 0 Å². The molecule has 32 heavy (non-hydrogen) atoms. The summed E-state index contributed by atoms with van der Waals surface area (Å²) in [5, 5.41) is 2.17. The van der Waals surface area contributed by atoms with Gasteiger partial charge in [-0.25, -0.2) is 9.97 Å². The number of pyridine rings is 2. The second-order valence-corrected chi connectivity index (χ2v) is 9.28. The van der Waals surface area contributed by atoms with E-state index in [0.29, 0.717) is 0 Å². The standard InChI is InChI=1S/C28H18Br2N2/c29-23-11-1-19(2-12-23)5-15-25-17-9-21-7-8-22-10-18-26(32-28(22)27(21)31-25)16-6-20-3-13-24(30)14-4-20/h1-18H. The van der Waals surface area contributed by atoms with Gasteiger partial charge < -0.3 is 0 Å². The SMILES string of the molecule is Brc1ccc(C=Cc2ccc3ccc4ccc(C=Cc5ccc(Br)cc5)nc4c3n2)cc1. The van der Waals surface area contributed by atoms with E-state index >= 15 is 0 Å². The number of hydrogen-bond acceptors (Lipinski definition) is 2. The molecule has 154 valence electrons. The average Bonchev–Trinajstić information content (AvgIpc) is 2.83. The first-order valence-electron chi connectivity index (χ1n) is 10.2. The molecule has 0 aliphatic rings. The Kier molecular flexibility index (Phi) is 5.97. The third-order valence-electron chi connectivity index (χ3n) is 5.20. The molecule has 0 saturated carbocycles. The van der Waals surface area contributed by atoms with Gasteiger partial charge in [-0.3, -0.25) is 0 Å². The van der Waals surface area contributed by atoms with Gasteiger partial charge in [0, 0.05) is 19.7 Å². The third-order valence-corrected chi connectivity index (χ3v) is 6.25. The minimum atomic E-state index is 0.908. The number of benzene rings is 3. The predicted octanol–water partition coefficient (Wildman–Crippen LogP) is 8.65. The van der Waals surface area contributed by atoms with Crippen LogP contribution in [0.1, 0.15) is 22.5 Å². The van der Waals surface area contributed by atoms with E-state index in [-0.39, 0.29) is 0 Å². The van der Waals surface area contributed by atoms with Gasteiger partial charge in [0.15, 0.2) is 0 Å². The Morgan fingerprint density at radius 2 is 0.812 bits per heavy atom. The second-order valence-electron chi connectivity index (χ2n) is 7.45. The van der Waals surface area contributed by atoms with Crippen LogP contribution in [0.5, 0.6) is 0 Å². The summed E-state index contributed by atoms with van der Waals surface area (Å²) in [6, 6.07) is 28.9. The zero-order valence-electron chi connectivity index (χ0n) is 17.0. The molecule has 0 bridgehead atoms. The molecule has 5 aromatic rings. The van der Waals surface area contributed by atoms with Crippen molar-refractivity contribution in [2.75, 3.05) is 0 Å². The Morgan fingerprint density at radius 1 is 0.438 bits per heavy atom. The van der Waals surface area contributed by atoms with Crippen molar-refractivity contribution in [3.05, 3.63) is 116 Å². The monoisotopic (exact) mass is 540 g/mol. The Morgan fingerprint density at radius 3 is 1.22 bits per heavy atom. The summed E-state index contributed by atoms with van der Waals surface area (Å²) in [6.07, 6.45) is 8.23. The molecule has 0 radical (unpaired) electrons. The normalized spacial score (nSPS) is 11.8. The molecule has 2 nitrogen and oxygen atoms in total. The fourth-order valence-corrected chi connectivity index (χ4v) is 4.02. The van der Waals surface area contributed by atoms with Crippen LogP contribution in [0.15, 0.2) is 93.9 Å². The van der Waals surface area contributed by atoms with E-state index in [1.54, 1.807) is 0 Å². The highest BCUT2D eigenvalue weighted by Crippen LogP contribution is 2.24. The molecule has 0 saturated heterocycles. The molecule has 0 aliphatic heterocycles. The van der Waals surface area contributed by atoms with Crippen molar-refractivity contribution < 1.29 is 0 Å². The van der Waals surface area contributed by atoms with Crippen molar-refractivity contribution in [1.82, 2.24) is 9.97 Å². The predicted molar refractivity (Wildman–Crippen MR) is 143 cm³/mol. The molecule has 3 aromatic carbocycles. The smallest absolute Gasteiger partial charge is 0.0972 e. The third kappa shape index (κ3) is 4.72. The van der Waals surface area contributed by atoms with Gasteiger partial charge >= 0.3 is 0 Å². The van der Waals surface area contributed by atoms with Crippen molar-refractivity contribution in [1.29, 1.82) is 0 Å². The largest absolute Gasteiger partial charge is 0.246 e. The van der Waals surface area contributed by atoms with Crippen molar-refractivity contribution in [3.8, 4) is 0 Å². The summed E-state index contributed by atoms with van der Waals surface area (Å²) in [7, 11) is 0. The van der Waals surface area contributed by atoms with Crippen LogP contribution in [0.3, 0.4) is 0 Å². The van der Waals surface area contributed by atoms with Crippen LogP contribution in [-0.4, -0.2) is 9.97 Å². The maximum atomic E-state index is 4.92. The van der Waals surface area contributed by atoms with E-state index < -0.39 is 0 Å². The Bertz CT molecular complexity index is 1350. The molecule has 4 heteroatoms. The summed E-state index contributed by atoms with van der Waals surface area (Å²) < 4.78 is 2.14. The maximum Gasteiger partial charge on any atom is 0.0972 e. The highest BCUT2D eigenvalue weighted by atomic mass is 79.9. The molecule has 2 aromatic heterocycles. The van der Waals surface area contributed by atoms with Crippen LogP contribution < -0.4 is 0 Å². The van der Waals surface area contributed by atoms with Crippen molar-refractivity contribution in [2.45, 2.75) is 0 Å². The number of rotatable bonds is 4. The average molecular weight is 542 g/mol. The van der Waals surface area contributed by atoms with E-state index in [2.05, 4.69) is 92.5 Å². The number of hydrogen-bond donors (Lipinski definition) is 0. The second kappa shape index (κ2) is 9.19. The van der Waals surface area contributed by atoms with Gasteiger partial charge in [0.1, 0.15) is 0 Å². The number of fused-ring (bicyclic) bond motifs is 3. The first kappa shape index (κ1) is 20.8. The van der Waals surface area contributed by atoms with E-state index in [1.807, 2.05) is 48.6 Å². The van der Waals surface area contributed by atoms with Gasteiger partial charge in [-0.2, -0.15) is 0 Å². The van der Waals surface area contributed by atoms with Crippen LogP contribution in [0.25, 0.3) is 46.1 Å². The molecule has 0 N–H and O–H groups in total. The number of nitrogens with zero attached hydrogens (tertiary/aromatic N) is 2. The number of halogens is 2.